The van der Waals surface area contributed by atoms with Crippen LogP contribution in [0.1, 0.15) is 31.4 Å². The predicted octanol–water partition coefficient (Wildman–Crippen LogP) is 4.99. The second-order valence-corrected chi connectivity index (χ2v) is 6.08. The zero-order valence-corrected chi connectivity index (χ0v) is 13.9. The third-order valence-electron chi connectivity index (χ3n) is 4.41. The van der Waals surface area contributed by atoms with Crippen molar-refractivity contribution in [1.82, 2.24) is 0 Å². The Morgan fingerprint density at radius 2 is 1.65 bits per heavy atom. The number of hydrogen-bond donors (Lipinski definition) is 0. The minimum absolute atomic E-state index is 0.605. The molecule has 0 radical (unpaired) electrons. The van der Waals surface area contributed by atoms with Crippen LogP contribution in [0, 0.1) is 0 Å². The standard InChI is InChI=1S/C21H23NO/c1-16-12-13-22-21(17(16)2)14-18-8-10-20(11-9-18)23-15-19-6-4-3-5-7-19/h3-11H,12-15H2,1-2H3. The molecule has 0 amide bonds. The molecule has 2 heteroatoms. The van der Waals surface area contributed by atoms with Crippen molar-refractivity contribution in [2.24, 2.45) is 4.99 Å². The van der Waals surface area contributed by atoms with E-state index in [1.807, 2.05) is 30.3 Å². The summed E-state index contributed by atoms with van der Waals surface area (Å²) in [6.07, 6.45) is 2.00. The molecular weight excluding hydrogens is 282 g/mol. The first-order valence-electron chi connectivity index (χ1n) is 8.18. The summed E-state index contributed by atoms with van der Waals surface area (Å²) < 4.78 is 5.84. The fourth-order valence-corrected chi connectivity index (χ4v) is 2.74. The Kier molecular flexibility index (Phi) is 4.92. The highest BCUT2D eigenvalue weighted by atomic mass is 16.5. The first-order chi connectivity index (χ1) is 11.2. The molecule has 1 aliphatic heterocycles. The van der Waals surface area contributed by atoms with Crippen LogP contribution in [-0.2, 0) is 13.0 Å². The molecule has 0 aromatic heterocycles. The molecule has 2 nitrogen and oxygen atoms in total. The fraction of sp³-hybridized carbons (Fsp3) is 0.286. The van der Waals surface area contributed by atoms with Crippen molar-refractivity contribution in [2.45, 2.75) is 33.3 Å². The molecule has 0 unspecified atom stereocenters. The summed E-state index contributed by atoms with van der Waals surface area (Å²) in [7, 11) is 0. The molecular formula is C21H23NO. The van der Waals surface area contributed by atoms with E-state index < -0.39 is 0 Å². The van der Waals surface area contributed by atoms with Gasteiger partial charge in [0.2, 0.25) is 0 Å². The van der Waals surface area contributed by atoms with Crippen LogP contribution < -0.4 is 4.74 Å². The lowest BCUT2D eigenvalue weighted by molar-refractivity contribution is 0.306. The largest absolute Gasteiger partial charge is 0.489 e. The quantitative estimate of drug-likeness (QED) is 0.762. The Hall–Kier alpha value is -2.35. The highest BCUT2D eigenvalue weighted by molar-refractivity contribution is 6.02. The number of allylic oxidation sites excluding steroid dienone is 1. The van der Waals surface area contributed by atoms with E-state index in [1.54, 1.807) is 0 Å². The molecule has 1 aliphatic rings. The zero-order valence-electron chi connectivity index (χ0n) is 13.9. The lowest BCUT2D eigenvalue weighted by Gasteiger charge is -2.16. The Labute approximate surface area is 138 Å². The molecule has 3 rings (SSSR count). The summed E-state index contributed by atoms with van der Waals surface area (Å²) in [5.74, 6) is 0.909. The zero-order chi connectivity index (χ0) is 16.1. The van der Waals surface area contributed by atoms with Crippen molar-refractivity contribution in [3.63, 3.8) is 0 Å². The van der Waals surface area contributed by atoms with Crippen molar-refractivity contribution in [3.8, 4) is 5.75 Å². The van der Waals surface area contributed by atoms with E-state index in [9.17, 15) is 0 Å². The minimum Gasteiger partial charge on any atom is -0.489 e. The molecule has 1 heterocycles. The molecule has 0 spiro atoms. The number of dihydropyridines is 1. The van der Waals surface area contributed by atoms with Crippen LogP contribution >= 0.6 is 0 Å². The molecule has 2 aromatic carbocycles. The average molecular weight is 305 g/mol. The second-order valence-electron chi connectivity index (χ2n) is 6.08. The van der Waals surface area contributed by atoms with Gasteiger partial charge in [0.05, 0.1) is 0 Å². The smallest absolute Gasteiger partial charge is 0.119 e. The Morgan fingerprint density at radius 1 is 0.913 bits per heavy atom. The van der Waals surface area contributed by atoms with Crippen LogP contribution in [0.3, 0.4) is 0 Å². The van der Waals surface area contributed by atoms with E-state index >= 15 is 0 Å². The molecule has 0 saturated heterocycles. The number of benzene rings is 2. The number of rotatable bonds is 5. The van der Waals surface area contributed by atoms with Gasteiger partial charge in [0, 0.05) is 18.7 Å². The van der Waals surface area contributed by atoms with Crippen molar-refractivity contribution in [1.29, 1.82) is 0 Å². The average Bonchev–Trinajstić information content (AvgIpc) is 2.59. The number of ether oxygens (including phenoxy) is 1. The maximum absolute atomic E-state index is 5.84. The third-order valence-corrected chi connectivity index (χ3v) is 4.41. The van der Waals surface area contributed by atoms with Crippen LogP contribution in [0.2, 0.25) is 0 Å². The fourth-order valence-electron chi connectivity index (χ4n) is 2.74. The number of hydrogen-bond acceptors (Lipinski definition) is 2. The summed E-state index contributed by atoms with van der Waals surface area (Å²) in [5, 5.41) is 0. The van der Waals surface area contributed by atoms with Crippen LogP contribution in [0.15, 0.2) is 70.7 Å². The van der Waals surface area contributed by atoms with E-state index in [1.165, 1.54) is 28.0 Å². The summed E-state index contributed by atoms with van der Waals surface area (Å²) in [6, 6.07) is 18.6. The van der Waals surface area contributed by atoms with Crippen molar-refractivity contribution in [3.05, 3.63) is 76.9 Å². The Balaban J connectivity index is 1.60. The second kappa shape index (κ2) is 7.28. The van der Waals surface area contributed by atoms with Crippen molar-refractivity contribution in [2.75, 3.05) is 6.54 Å². The molecule has 0 atom stereocenters. The van der Waals surface area contributed by atoms with E-state index in [0.717, 1.165) is 25.1 Å². The van der Waals surface area contributed by atoms with Crippen molar-refractivity contribution < 1.29 is 4.74 Å². The highest BCUT2D eigenvalue weighted by Crippen LogP contribution is 2.20. The highest BCUT2D eigenvalue weighted by Gasteiger charge is 2.11. The molecule has 0 N–H and O–H groups in total. The van der Waals surface area contributed by atoms with Gasteiger partial charge in [-0.2, -0.15) is 0 Å². The van der Waals surface area contributed by atoms with E-state index in [4.69, 9.17) is 4.74 Å². The summed E-state index contributed by atoms with van der Waals surface area (Å²) in [4.78, 5) is 4.68. The summed E-state index contributed by atoms with van der Waals surface area (Å²) >= 11 is 0. The molecule has 23 heavy (non-hydrogen) atoms. The van der Waals surface area contributed by atoms with Gasteiger partial charge in [0.15, 0.2) is 0 Å². The maximum atomic E-state index is 5.84. The monoisotopic (exact) mass is 305 g/mol. The van der Waals surface area contributed by atoms with E-state index in [2.05, 4.69) is 43.1 Å². The van der Waals surface area contributed by atoms with Crippen LogP contribution in [0.25, 0.3) is 0 Å². The van der Waals surface area contributed by atoms with Gasteiger partial charge in [0.1, 0.15) is 12.4 Å². The molecule has 0 saturated carbocycles. The Morgan fingerprint density at radius 3 is 2.39 bits per heavy atom. The first kappa shape index (κ1) is 15.5. The molecule has 0 bridgehead atoms. The van der Waals surface area contributed by atoms with Gasteiger partial charge in [-0.1, -0.05) is 48.0 Å². The van der Waals surface area contributed by atoms with Crippen LogP contribution in [0.5, 0.6) is 5.75 Å². The van der Waals surface area contributed by atoms with Gasteiger partial charge >= 0.3 is 0 Å². The van der Waals surface area contributed by atoms with Gasteiger partial charge in [-0.05, 0) is 49.1 Å². The predicted molar refractivity (Wildman–Crippen MR) is 96.2 cm³/mol. The molecule has 0 aliphatic carbocycles. The minimum atomic E-state index is 0.605. The maximum Gasteiger partial charge on any atom is 0.119 e. The first-order valence-corrected chi connectivity index (χ1v) is 8.18. The van der Waals surface area contributed by atoms with Gasteiger partial charge in [-0.3, -0.25) is 4.99 Å². The van der Waals surface area contributed by atoms with Crippen LogP contribution in [-0.4, -0.2) is 12.3 Å². The van der Waals surface area contributed by atoms with Gasteiger partial charge < -0.3 is 4.74 Å². The Bertz CT molecular complexity index is 711. The van der Waals surface area contributed by atoms with E-state index in [0.29, 0.717) is 6.61 Å². The molecule has 2 aromatic rings. The molecule has 0 fully saturated rings. The lowest BCUT2D eigenvalue weighted by Crippen LogP contribution is -2.12. The topological polar surface area (TPSA) is 21.6 Å². The van der Waals surface area contributed by atoms with Gasteiger partial charge in [0.25, 0.3) is 0 Å². The van der Waals surface area contributed by atoms with Crippen molar-refractivity contribution >= 4 is 5.71 Å². The number of aliphatic imine (C=N–C) groups is 1. The number of nitrogens with zero attached hydrogens (tertiary/aromatic N) is 1. The third kappa shape index (κ3) is 4.10. The van der Waals surface area contributed by atoms with E-state index in [-0.39, 0.29) is 0 Å². The lowest BCUT2D eigenvalue weighted by atomic mass is 9.96. The van der Waals surface area contributed by atoms with Crippen LogP contribution in [0.4, 0.5) is 0 Å². The SMILES string of the molecule is CC1=C(C)C(Cc2ccc(OCc3ccccc3)cc2)=NCC1. The summed E-state index contributed by atoms with van der Waals surface area (Å²) in [5.41, 5.74) is 6.53. The van der Waals surface area contributed by atoms with Gasteiger partial charge in [-0.25, -0.2) is 0 Å². The molecule has 118 valence electrons. The van der Waals surface area contributed by atoms with Gasteiger partial charge in [-0.15, -0.1) is 0 Å². The normalized spacial score (nSPS) is 14.6. The summed E-state index contributed by atoms with van der Waals surface area (Å²) in [6.45, 7) is 5.93.